The smallest absolute Gasteiger partial charge is 0.124 e. The lowest BCUT2D eigenvalue weighted by Crippen LogP contribution is -1.99. The van der Waals surface area contributed by atoms with Gasteiger partial charge < -0.3 is 4.74 Å². The largest absolute Gasteiger partial charge is 0.494 e. The van der Waals surface area contributed by atoms with E-state index >= 15 is 0 Å². The highest BCUT2D eigenvalue weighted by Gasteiger charge is 2.17. The lowest BCUT2D eigenvalue weighted by Gasteiger charge is -2.14. The Morgan fingerprint density at radius 3 is 2.88 bits per heavy atom. The van der Waals surface area contributed by atoms with E-state index in [9.17, 15) is 0 Å². The molecule has 0 amide bonds. The fourth-order valence-electron chi connectivity index (χ4n) is 1.59. The molecular formula is C13H12BrClOS. The van der Waals surface area contributed by atoms with Crippen LogP contribution in [0, 0.1) is 0 Å². The van der Waals surface area contributed by atoms with Gasteiger partial charge in [-0.1, -0.05) is 22.0 Å². The van der Waals surface area contributed by atoms with Gasteiger partial charge in [0.1, 0.15) is 5.75 Å². The van der Waals surface area contributed by atoms with E-state index < -0.39 is 0 Å². The van der Waals surface area contributed by atoms with Gasteiger partial charge in [0.05, 0.1) is 12.0 Å². The first-order valence-electron chi connectivity index (χ1n) is 5.32. The Labute approximate surface area is 119 Å². The Morgan fingerprint density at radius 2 is 2.24 bits per heavy atom. The van der Waals surface area contributed by atoms with Crippen molar-refractivity contribution in [1.82, 2.24) is 0 Å². The van der Waals surface area contributed by atoms with Crippen molar-refractivity contribution in [2.24, 2.45) is 0 Å². The predicted molar refractivity (Wildman–Crippen MR) is 77.3 cm³/mol. The van der Waals surface area contributed by atoms with Gasteiger partial charge >= 0.3 is 0 Å². The van der Waals surface area contributed by atoms with Crippen LogP contribution in [0.5, 0.6) is 5.75 Å². The van der Waals surface area contributed by atoms with E-state index in [0.717, 1.165) is 20.7 Å². The van der Waals surface area contributed by atoms with Crippen LogP contribution in [0.25, 0.3) is 0 Å². The molecule has 1 aromatic carbocycles. The molecule has 1 aromatic heterocycles. The molecule has 90 valence electrons. The molecule has 0 aliphatic carbocycles. The minimum atomic E-state index is -0.158. The van der Waals surface area contributed by atoms with Crippen LogP contribution in [0.4, 0.5) is 0 Å². The van der Waals surface area contributed by atoms with Gasteiger partial charge in [0.25, 0.3) is 0 Å². The van der Waals surface area contributed by atoms with E-state index in [4.69, 9.17) is 16.3 Å². The molecular weight excluding hydrogens is 320 g/mol. The highest BCUT2D eigenvalue weighted by molar-refractivity contribution is 9.10. The van der Waals surface area contributed by atoms with Crippen LogP contribution in [0.1, 0.15) is 22.7 Å². The van der Waals surface area contributed by atoms with Crippen LogP contribution in [0.3, 0.4) is 0 Å². The molecule has 0 aliphatic heterocycles. The second-order valence-corrected chi connectivity index (χ2v) is 5.82. The molecule has 4 heteroatoms. The number of ether oxygens (including phenoxy) is 1. The summed E-state index contributed by atoms with van der Waals surface area (Å²) in [5.41, 5.74) is 1.00. The summed E-state index contributed by atoms with van der Waals surface area (Å²) in [6.07, 6.45) is 0. The monoisotopic (exact) mass is 330 g/mol. The summed E-state index contributed by atoms with van der Waals surface area (Å²) in [6, 6.07) is 9.98. The molecule has 1 atom stereocenters. The van der Waals surface area contributed by atoms with Crippen molar-refractivity contribution in [2.75, 3.05) is 6.61 Å². The fraction of sp³-hybridized carbons (Fsp3) is 0.231. The molecule has 0 spiro atoms. The van der Waals surface area contributed by atoms with Gasteiger partial charge in [0, 0.05) is 14.9 Å². The summed E-state index contributed by atoms with van der Waals surface area (Å²) in [5.74, 6) is 0.851. The summed E-state index contributed by atoms with van der Waals surface area (Å²) in [4.78, 5) is 1.13. The maximum absolute atomic E-state index is 6.50. The third-order valence-electron chi connectivity index (χ3n) is 2.34. The Kier molecular flexibility index (Phi) is 4.48. The number of hydrogen-bond donors (Lipinski definition) is 0. The normalized spacial score (nSPS) is 12.4. The second kappa shape index (κ2) is 5.89. The number of hydrogen-bond acceptors (Lipinski definition) is 2. The maximum atomic E-state index is 6.50. The van der Waals surface area contributed by atoms with Crippen molar-refractivity contribution in [2.45, 2.75) is 12.3 Å². The third-order valence-corrected chi connectivity index (χ3v) is 4.37. The van der Waals surface area contributed by atoms with Crippen molar-refractivity contribution >= 4 is 38.9 Å². The second-order valence-electron chi connectivity index (χ2n) is 3.49. The first kappa shape index (κ1) is 12.9. The van der Waals surface area contributed by atoms with Gasteiger partial charge in [0.15, 0.2) is 0 Å². The van der Waals surface area contributed by atoms with Gasteiger partial charge in [-0.15, -0.1) is 22.9 Å². The Balaban J connectivity index is 2.38. The predicted octanol–water partition coefficient (Wildman–Crippen LogP) is 5.24. The number of benzene rings is 1. The Bertz CT molecular complexity index is 484. The first-order valence-corrected chi connectivity index (χ1v) is 7.43. The van der Waals surface area contributed by atoms with Crippen molar-refractivity contribution in [1.29, 1.82) is 0 Å². The van der Waals surface area contributed by atoms with Crippen molar-refractivity contribution in [3.05, 3.63) is 50.6 Å². The van der Waals surface area contributed by atoms with Crippen molar-refractivity contribution < 1.29 is 4.74 Å². The SMILES string of the molecule is CCOc1ccc(Br)cc1C(Cl)c1cccs1. The van der Waals surface area contributed by atoms with Crippen LogP contribution in [-0.4, -0.2) is 6.61 Å². The zero-order chi connectivity index (χ0) is 12.3. The van der Waals surface area contributed by atoms with Gasteiger partial charge in [-0.05, 0) is 36.6 Å². The van der Waals surface area contributed by atoms with E-state index in [-0.39, 0.29) is 5.38 Å². The van der Waals surface area contributed by atoms with E-state index in [2.05, 4.69) is 15.9 Å². The Morgan fingerprint density at radius 1 is 1.41 bits per heavy atom. The molecule has 0 saturated heterocycles. The minimum Gasteiger partial charge on any atom is -0.494 e. The standard InChI is InChI=1S/C13H12BrClOS/c1-2-16-11-6-5-9(14)8-10(11)13(15)12-4-3-7-17-12/h3-8,13H,2H2,1H3. The fourth-order valence-corrected chi connectivity index (χ4v) is 3.09. The molecule has 1 heterocycles. The third kappa shape index (κ3) is 3.03. The van der Waals surface area contributed by atoms with Crippen LogP contribution < -0.4 is 4.74 Å². The molecule has 0 aliphatic rings. The summed E-state index contributed by atoms with van der Waals surface area (Å²) in [5, 5.41) is 1.87. The van der Waals surface area contributed by atoms with Gasteiger partial charge in [-0.25, -0.2) is 0 Å². The summed E-state index contributed by atoms with van der Waals surface area (Å²) >= 11 is 11.6. The zero-order valence-electron chi connectivity index (χ0n) is 9.32. The minimum absolute atomic E-state index is 0.158. The van der Waals surface area contributed by atoms with Gasteiger partial charge in [0.2, 0.25) is 0 Å². The Hall–Kier alpha value is -0.510. The summed E-state index contributed by atoms with van der Waals surface area (Å²) in [7, 11) is 0. The highest BCUT2D eigenvalue weighted by atomic mass is 79.9. The van der Waals surface area contributed by atoms with E-state index in [1.807, 2.05) is 42.6 Å². The molecule has 0 saturated carbocycles. The molecule has 0 fully saturated rings. The average Bonchev–Trinajstić information content (AvgIpc) is 2.84. The molecule has 1 nitrogen and oxygen atoms in total. The van der Waals surface area contributed by atoms with Crippen molar-refractivity contribution in [3.63, 3.8) is 0 Å². The highest BCUT2D eigenvalue weighted by Crippen LogP contribution is 2.38. The van der Waals surface area contributed by atoms with E-state index in [0.29, 0.717) is 6.61 Å². The average molecular weight is 332 g/mol. The van der Waals surface area contributed by atoms with Gasteiger partial charge in [-0.2, -0.15) is 0 Å². The topological polar surface area (TPSA) is 9.23 Å². The number of thiophene rings is 1. The summed E-state index contributed by atoms with van der Waals surface area (Å²) in [6.45, 7) is 2.61. The van der Waals surface area contributed by atoms with Gasteiger partial charge in [-0.3, -0.25) is 0 Å². The quantitative estimate of drug-likeness (QED) is 0.696. The lowest BCUT2D eigenvalue weighted by atomic mass is 10.1. The maximum Gasteiger partial charge on any atom is 0.124 e. The number of rotatable bonds is 4. The van der Waals surface area contributed by atoms with E-state index in [1.54, 1.807) is 11.3 Å². The van der Waals surface area contributed by atoms with Crippen LogP contribution >= 0.6 is 38.9 Å². The van der Waals surface area contributed by atoms with E-state index in [1.165, 1.54) is 0 Å². The molecule has 2 rings (SSSR count). The van der Waals surface area contributed by atoms with Crippen LogP contribution in [0.15, 0.2) is 40.2 Å². The zero-order valence-corrected chi connectivity index (χ0v) is 12.5. The van der Waals surface area contributed by atoms with Crippen molar-refractivity contribution in [3.8, 4) is 5.75 Å². The molecule has 0 bridgehead atoms. The molecule has 0 radical (unpaired) electrons. The number of alkyl halides is 1. The molecule has 17 heavy (non-hydrogen) atoms. The summed E-state index contributed by atoms with van der Waals surface area (Å²) < 4.78 is 6.62. The molecule has 1 unspecified atom stereocenters. The lowest BCUT2D eigenvalue weighted by molar-refractivity contribution is 0.337. The van der Waals surface area contributed by atoms with Crippen LogP contribution in [0.2, 0.25) is 0 Å². The first-order chi connectivity index (χ1) is 8.22. The molecule has 0 N–H and O–H groups in total. The molecule has 2 aromatic rings. The van der Waals surface area contributed by atoms with Crippen LogP contribution in [-0.2, 0) is 0 Å². The number of halogens is 2.